The molecule has 2 heterocycles. The summed E-state index contributed by atoms with van der Waals surface area (Å²) in [5.41, 5.74) is 4.64. The maximum absolute atomic E-state index is 13.4. The zero-order valence-electron chi connectivity index (χ0n) is 21.3. The summed E-state index contributed by atoms with van der Waals surface area (Å²) < 4.78 is 13.0. The second kappa shape index (κ2) is 10.6. The molecule has 4 aromatic rings. The Bertz CT molecular complexity index is 1630. The van der Waals surface area contributed by atoms with Crippen molar-refractivity contribution in [2.24, 2.45) is 0 Å². The van der Waals surface area contributed by atoms with Gasteiger partial charge in [0.05, 0.1) is 23.9 Å². The lowest BCUT2D eigenvalue weighted by molar-refractivity contribution is 0.102. The molecule has 1 aromatic heterocycles. The van der Waals surface area contributed by atoms with Crippen molar-refractivity contribution in [3.8, 4) is 6.07 Å². The minimum Gasteiger partial charge on any atom is -0.324 e. The van der Waals surface area contributed by atoms with Crippen molar-refractivity contribution in [3.63, 3.8) is 0 Å². The number of hydrogen-bond donors (Lipinski definition) is 2. The van der Waals surface area contributed by atoms with E-state index >= 15 is 0 Å². The molecule has 3 aromatic carbocycles. The summed E-state index contributed by atoms with van der Waals surface area (Å²) in [6, 6.07) is 20.4. The SMILES string of the molecule is Cc1ccc(NC(=O)c2cccc(CF)c2)cc1N1Cc2cnc(Nc3cccc(C#N)c3)nc2N(C)C1=O. The number of anilines is 5. The highest BCUT2D eigenvalue weighted by Gasteiger charge is 2.31. The van der Waals surface area contributed by atoms with Crippen molar-refractivity contribution in [3.05, 3.63) is 101 Å². The average molecular weight is 522 g/mol. The summed E-state index contributed by atoms with van der Waals surface area (Å²) in [7, 11) is 1.64. The molecule has 0 fully saturated rings. The Kier molecular flexibility index (Phi) is 6.89. The van der Waals surface area contributed by atoms with Gasteiger partial charge in [0.2, 0.25) is 5.95 Å². The number of rotatable bonds is 6. The van der Waals surface area contributed by atoms with Gasteiger partial charge < -0.3 is 10.6 Å². The van der Waals surface area contributed by atoms with Crippen LogP contribution in [-0.4, -0.2) is 29.0 Å². The molecule has 5 rings (SSSR count). The summed E-state index contributed by atoms with van der Waals surface area (Å²) in [4.78, 5) is 38.2. The Morgan fingerprint density at radius 3 is 2.72 bits per heavy atom. The zero-order valence-corrected chi connectivity index (χ0v) is 21.3. The molecular weight excluding hydrogens is 497 g/mol. The number of halogens is 1. The highest BCUT2D eigenvalue weighted by molar-refractivity contribution is 6.07. The molecule has 9 nitrogen and oxygen atoms in total. The largest absolute Gasteiger partial charge is 0.330 e. The van der Waals surface area contributed by atoms with Gasteiger partial charge >= 0.3 is 6.03 Å². The van der Waals surface area contributed by atoms with Gasteiger partial charge in [-0.2, -0.15) is 10.2 Å². The lowest BCUT2D eigenvalue weighted by atomic mass is 10.1. The third kappa shape index (κ3) is 5.24. The number of carbonyl (C=O) groups excluding carboxylic acids is 2. The number of benzene rings is 3. The van der Waals surface area contributed by atoms with Crippen LogP contribution in [0.15, 0.2) is 72.9 Å². The van der Waals surface area contributed by atoms with Crippen LogP contribution in [0.25, 0.3) is 0 Å². The molecule has 0 bridgehead atoms. The van der Waals surface area contributed by atoms with Crippen LogP contribution in [0.2, 0.25) is 0 Å². The van der Waals surface area contributed by atoms with E-state index in [0.717, 1.165) is 11.1 Å². The van der Waals surface area contributed by atoms with Gasteiger partial charge in [-0.1, -0.05) is 24.3 Å². The fourth-order valence-corrected chi connectivity index (χ4v) is 4.33. The lowest BCUT2D eigenvalue weighted by Gasteiger charge is -2.35. The van der Waals surface area contributed by atoms with Gasteiger partial charge in [-0.15, -0.1) is 0 Å². The van der Waals surface area contributed by atoms with Crippen LogP contribution in [-0.2, 0) is 13.2 Å². The standard InChI is InChI=1S/C29H24FN7O2/c1-18-9-10-24(33-27(38)21-7-3-5-19(11-21)14-30)13-25(18)37-17-22-16-32-28(35-26(22)36(2)29(37)39)34-23-8-4-6-20(12-23)15-31/h3-13,16H,14,17H2,1-2H3,(H,33,38)(H,32,34,35). The highest BCUT2D eigenvalue weighted by Crippen LogP contribution is 2.33. The summed E-state index contributed by atoms with van der Waals surface area (Å²) in [5, 5.41) is 15.0. The Labute approximate surface area is 224 Å². The van der Waals surface area contributed by atoms with Crippen molar-refractivity contribution >= 4 is 40.8 Å². The van der Waals surface area contributed by atoms with Crippen LogP contribution < -0.4 is 20.4 Å². The number of nitrogens with one attached hydrogen (secondary N) is 2. The predicted molar refractivity (Wildman–Crippen MR) is 147 cm³/mol. The van der Waals surface area contributed by atoms with E-state index in [4.69, 9.17) is 5.26 Å². The molecule has 10 heteroatoms. The predicted octanol–water partition coefficient (Wildman–Crippen LogP) is 5.70. The van der Waals surface area contributed by atoms with Crippen molar-refractivity contribution in [1.82, 2.24) is 9.97 Å². The van der Waals surface area contributed by atoms with Crippen LogP contribution in [0.3, 0.4) is 0 Å². The van der Waals surface area contributed by atoms with E-state index in [-0.39, 0.29) is 18.5 Å². The average Bonchev–Trinajstić information content (AvgIpc) is 2.96. The van der Waals surface area contributed by atoms with Gasteiger partial charge in [0, 0.05) is 35.7 Å². The Hall–Kier alpha value is -5.30. The summed E-state index contributed by atoms with van der Waals surface area (Å²) in [6.45, 7) is 1.46. The second-order valence-corrected chi connectivity index (χ2v) is 9.08. The Morgan fingerprint density at radius 2 is 1.92 bits per heavy atom. The van der Waals surface area contributed by atoms with E-state index < -0.39 is 6.67 Å². The summed E-state index contributed by atoms with van der Waals surface area (Å²) in [6.07, 6.45) is 1.66. The summed E-state index contributed by atoms with van der Waals surface area (Å²) >= 11 is 0. The van der Waals surface area contributed by atoms with Crippen LogP contribution in [0.5, 0.6) is 0 Å². The smallest absolute Gasteiger partial charge is 0.324 e. The number of aryl methyl sites for hydroxylation is 1. The van der Waals surface area contributed by atoms with Crippen molar-refractivity contribution < 1.29 is 14.0 Å². The molecule has 0 saturated carbocycles. The van der Waals surface area contributed by atoms with E-state index in [1.807, 2.05) is 13.0 Å². The maximum atomic E-state index is 13.4. The molecule has 2 N–H and O–H groups in total. The van der Waals surface area contributed by atoms with Crippen molar-refractivity contribution in [2.75, 3.05) is 27.5 Å². The first-order chi connectivity index (χ1) is 18.9. The van der Waals surface area contributed by atoms with Gasteiger partial charge in [0.1, 0.15) is 12.5 Å². The zero-order chi connectivity index (χ0) is 27.5. The Morgan fingerprint density at radius 1 is 1.10 bits per heavy atom. The van der Waals surface area contributed by atoms with Crippen LogP contribution in [0.1, 0.15) is 32.6 Å². The Balaban J connectivity index is 1.38. The van der Waals surface area contributed by atoms with Crippen LogP contribution >= 0.6 is 0 Å². The molecule has 3 amide bonds. The molecule has 0 unspecified atom stereocenters. The van der Waals surface area contributed by atoms with E-state index in [1.165, 1.54) is 11.0 Å². The van der Waals surface area contributed by atoms with Crippen LogP contribution in [0.4, 0.5) is 38.0 Å². The quantitative estimate of drug-likeness (QED) is 0.337. The number of carbonyl (C=O) groups is 2. The van der Waals surface area contributed by atoms with Gasteiger partial charge in [-0.3, -0.25) is 14.6 Å². The normalized spacial score (nSPS) is 12.5. The first-order valence-electron chi connectivity index (χ1n) is 12.1. The van der Waals surface area contributed by atoms with Gasteiger partial charge in [-0.25, -0.2) is 14.2 Å². The van der Waals surface area contributed by atoms with Crippen molar-refractivity contribution in [1.29, 1.82) is 5.26 Å². The minimum absolute atomic E-state index is 0.236. The first-order valence-corrected chi connectivity index (χ1v) is 12.1. The van der Waals surface area contributed by atoms with Crippen LogP contribution in [0, 0.1) is 18.3 Å². The number of amides is 3. The maximum Gasteiger partial charge on any atom is 0.330 e. The fraction of sp³-hybridized carbons (Fsp3) is 0.138. The molecular formula is C29H24FN7O2. The minimum atomic E-state index is -0.655. The van der Waals surface area contributed by atoms with E-state index in [2.05, 4.69) is 26.7 Å². The molecule has 1 aliphatic heterocycles. The first kappa shape index (κ1) is 25.4. The van der Waals surface area contributed by atoms with E-state index in [9.17, 15) is 14.0 Å². The molecule has 0 atom stereocenters. The van der Waals surface area contributed by atoms with Gasteiger partial charge in [0.25, 0.3) is 5.91 Å². The molecule has 194 valence electrons. The number of nitriles is 1. The number of hydrogen-bond acceptors (Lipinski definition) is 6. The van der Waals surface area contributed by atoms with Gasteiger partial charge in [0.15, 0.2) is 0 Å². The second-order valence-electron chi connectivity index (χ2n) is 9.08. The highest BCUT2D eigenvalue weighted by atomic mass is 19.1. The number of nitrogens with zero attached hydrogens (tertiary/aromatic N) is 5. The molecule has 0 saturated heterocycles. The van der Waals surface area contributed by atoms with Crippen molar-refractivity contribution in [2.45, 2.75) is 20.1 Å². The number of fused-ring (bicyclic) bond motifs is 1. The van der Waals surface area contributed by atoms with E-state index in [1.54, 1.807) is 72.7 Å². The van der Waals surface area contributed by atoms with Gasteiger partial charge in [-0.05, 0) is 60.5 Å². The van der Waals surface area contributed by atoms with E-state index in [0.29, 0.717) is 45.5 Å². The number of urea groups is 1. The molecule has 39 heavy (non-hydrogen) atoms. The fourth-order valence-electron chi connectivity index (χ4n) is 4.33. The summed E-state index contributed by atoms with van der Waals surface area (Å²) in [5.74, 6) is 0.399. The number of aromatic nitrogens is 2. The molecule has 0 aliphatic carbocycles. The number of alkyl halides is 1. The third-order valence-electron chi connectivity index (χ3n) is 6.35. The topological polar surface area (TPSA) is 114 Å². The molecule has 0 spiro atoms. The lowest BCUT2D eigenvalue weighted by Crippen LogP contribution is -2.46. The monoisotopic (exact) mass is 521 g/mol. The molecule has 1 aliphatic rings. The third-order valence-corrected chi connectivity index (χ3v) is 6.35. The molecule has 0 radical (unpaired) electrons.